The van der Waals surface area contributed by atoms with Gasteiger partial charge in [0.15, 0.2) is 0 Å². The molecule has 3 atom stereocenters. The SMILES string of the molecule is COc1ccc(C)cc1CC1(O)CCCC(C)C1C. The number of methoxy groups -OCH3 is 1. The van der Waals surface area contributed by atoms with Crippen LogP contribution in [0.15, 0.2) is 18.2 Å². The summed E-state index contributed by atoms with van der Waals surface area (Å²) in [5, 5.41) is 11.0. The third kappa shape index (κ3) is 2.94. The van der Waals surface area contributed by atoms with Crippen LogP contribution in [-0.4, -0.2) is 17.8 Å². The Hall–Kier alpha value is -1.02. The topological polar surface area (TPSA) is 29.5 Å². The van der Waals surface area contributed by atoms with Crippen molar-refractivity contribution in [2.24, 2.45) is 11.8 Å². The lowest BCUT2D eigenvalue weighted by molar-refractivity contribution is -0.0623. The minimum Gasteiger partial charge on any atom is -0.496 e. The van der Waals surface area contributed by atoms with E-state index in [4.69, 9.17) is 4.74 Å². The minimum atomic E-state index is -0.585. The zero-order valence-corrected chi connectivity index (χ0v) is 12.6. The molecule has 0 radical (unpaired) electrons. The van der Waals surface area contributed by atoms with Crippen LogP contribution in [0.1, 0.15) is 44.2 Å². The van der Waals surface area contributed by atoms with Gasteiger partial charge in [-0.2, -0.15) is 0 Å². The number of hydrogen-bond donors (Lipinski definition) is 1. The molecular weight excluding hydrogens is 236 g/mol. The summed E-state index contributed by atoms with van der Waals surface area (Å²) in [4.78, 5) is 0. The molecule has 1 saturated carbocycles. The predicted molar refractivity (Wildman–Crippen MR) is 78.6 cm³/mol. The molecule has 106 valence electrons. The first kappa shape index (κ1) is 14.4. The molecule has 2 rings (SSSR count). The van der Waals surface area contributed by atoms with Gasteiger partial charge in [0.1, 0.15) is 5.75 Å². The predicted octanol–water partition coefficient (Wildman–Crippen LogP) is 3.73. The molecule has 19 heavy (non-hydrogen) atoms. The van der Waals surface area contributed by atoms with E-state index < -0.39 is 5.60 Å². The van der Waals surface area contributed by atoms with Gasteiger partial charge in [-0.25, -0.2) is 0 Å². The summed E-state index contributed by atoms with van der Waals surface area (Å²) in [5.74, 6) is 1.82. The highest BCUT2D eigenvalue weighted by atomic mass is 16.5. The van der Waals surface area contributed by atoms with E-state index in [0.717, 1.165) is 24.2 Å². The first-order chi connectivity index (χ1) is 8.96. The van der Waals surface area contributed by atoms with Gasteiger partial charge >= 0.3 is 0 Å². The first-order valence-electron chi connectivity index (χ1n) is 7.32. The van der Waals surface area contributed by atoms with Crippen molar-refractivity contribution in [1.29, 1.82) is 0 Å². The summed E-state index contributed by atoms with van der Waals surface area (Å²) in [6, 6.07) is 6.20. The van der Waals surface area contributed by atoms with Crippen molar-refractivity contribution in [3.05, 3.63) is 29.3 Å². The lowest BCUT2D eigenvalue weighted by Gasteiger charge is -2.42. The van der Waals surface area contributed by atoms with Crippen LogP contribution in [0, 0.1) is 18.8 Å². The van der Waals surface area contributed by atoms with E-state index in [1.807, 2.05) is 6.07 Å². The Kier molecular flexibility index (Phi) is 4.19. The number of rotatable bonds is 3. The summed E-state index contributed by atoms with van der Waals surface area (Å²) in [5.41, 5.74) is 1.76. The fourth-order valence-electron chi connectivity index (χ4n) is 3.36. The van der Waals surface area contributed by atoms with E-state index in [-0.39, 0.29) is 0 Å². The molecule has 0 heterocycles. The molecule has 1 aliphatic carbocycles. The van der Waals surface area contributed by atoms with E-state index in [9.17, 15) is 5.11 Å². The molecule has 1 fully saturated rings. The summed E-state index contributed by atoms with van der Waals surface area (Å²) >= 11 is 0. The summed E-state index contributed by atoms with van der Waals surface area (Å²) in [7, 11) is 1.70. The minimum absolute atomic E-state index is 0.339. The molecule has 0 spiro atoms. The number of aryl methyl sites for hydroxylation is 1. The second kappa shape index (κ2) is 5.54. The van der Waals surface area contributed by atoms with Crippen LogP contribution in [0.5, 0.6) is 5.75 Å². The number of ether oxygens (including phenoxy) is 1. The Labute approximate surface area is 116 Å². The molecule has 2 heteroatoms. The third-order valence-corrected chi connectivity index (χ3v) is 4.90. The van der Waals surface area contributed by atoms with Gasteiger partial charge in [-0.15, -0.1) is 0 Å². The van der Waals surface area contributed by atoms with Gasteiger partial charge in [0.25, 0.3) is 0 Å². The van der Waals surface area contributed by atoms with Gasteiger partial charge in [0.05, 0.1) is 12.7 Å². The van der Waals surface area contributed by atoms with Crippen LogP contribution in [0.3, 0.4) is 0 Å². The molecule has 3 unspecified atom stereocenters. The molecule has 0 aliphatic heterocycles. The third-order valence-electron chi connectivity index (χ3n) is 4.90. The van der Waals surface area contributed by atoms with Crippen LogP contribution in [0.2, 0.25) is 0 Å². The summed E-state index contributed by atoms with van der Waals surface area (Å²) in [6.07, 6.45) is 3.95. The van der Waals surface area contributed by atoms with Gasteiger partial charge in [-0.3, -0.25) is 0 Å². The highest BCUT2D eigenvalue weighted by molar-refractivity contribution is 5.38. The van der Waals surface area contributed by atoms with Crippen molar-refractivity contribution >= 4 is 0 Å². The molecule has 0 amide bonds. The van der Waals surface area contributed by atoms with E-state index in [1.165, 1.54) is 12.0 Å². The molecule has 1 aromatic carbocycles. The van der Waals surface area contributed by atoms with Gasteiger partial charge < -0.3 is 9.84 Å². The van der Waals surface area contributed by atoms with Crippen molar-refractivity contribution < 1.29 is 9.84 Å². The van der Waals surface area contributed by atoms with Crippen LogP contribution < -0.4 is 4.74 Å². The molecular formula is C17H26O2. The van der Waals surface area contributed by atoms with Gasteiger partial charge in [0.2, 0.25) is 0 Å². The van der Waals surface area contributed by atoms with Crippen molar-refractivity contribution in [2.45, 2.75) is 52.1 Å². The molecule has 1 aromatic rings. The highest BCUT2D eigenvalue weighted by Gasteiger charge is 2.40. The second-order valence-electron chi connectivity index (χ2n) is 6.25. The maximum Gasteiger partial charge on any atom is 0.122 e. The smallest absolute Gasteiger partial charge is 0.122 e. The van der Waals surface area contributed by atoms with Crippen LogP contribution in [-0.2, 0) is 6.42 Å². The summed E-state index contributed by atoms with van der Waals surface area (Å²) < 4.78 is 5.44. The standard InChI is InChI=1S/C17H26O2/c1-12-7-8-16(19-4)15(10-12)11-17(18)9-5-6-13(2)14(17)3/h7-8,10,13-14,18H,5-6,9,11H2,1-4H3. The maximum absolute atomic E-state index is 11.0. The molecule has 2 nitrogen and oxygen atoms in total. The van der Waals surface area contributed by atoms with Crippen molar-refractivity contribution in [3.8, 4) is 5.75 Å². The van der Waals surface area contributed by atoms with E-state index in [2.05, 4.69) is 32.9 Å². The Balaban J connectivity index is 2.26. The van der Waals surface area contributed by atoms with Crippen LogP contribution >= 0.6 is 0 Å². The molecule has 0 aromatic heterocycles. The Morgan fingerprint density at radius 2 is 2.11 bits per heavy atom. The zero-order chi connectivity index (χ0) is 14.0. The monoisotopic (exact) mass is 262 g/mol. The number of benzene rings is 1. The van der Waals surface area contributed by atoms with E-state index in [1.54, 1.807) is 7.11 Å². The fourth-order valence-corrected chi connectivity index (χ4v) is 3.36. The van der Waals surface area contributed by atoms with Crippen LogP contribution in [0.25, 0.3) is 0 Å². The normalized spacial score (nSPS) is 31.2. The molecule has 1 N–H and O–H groups in total. The maximum atomic E-state index is 11.0. The lowest BCUT2D eigenvalue weighted by Crippen LogP contribution is -2.44. The summed E-state index contributed by atoms with van der Waals surface area (Å²) in [6.45, 7) is 6.52. The number of hydrogen-bond acceptors (Lipinski definition) is 2. The fraction of sp³-hybridized carbons (Fsp3) is 0.647. The molecule has 1 aliphatic rings. The van der Waals surface area contributed by atoms with Gasteiger partial charge in [-0.05, 0) is 36.8 Å². The first-order valence-corrected chi connectivity index (χ1v) is 7.32. The van der Waals surface area contributed by atoms with Crippen molar-refractivity contribution in [3.63, 3.8) is 0 Å². The Morgan fingerprint density at radius 1 is 1.37 bits per heavy atom. The largest absolute Gasteiger partial charge is 0.496 e. The van der Waals surface area contributed by atoms with Gasteiger partial charge in [0, 0.05) is 6.42 Å². The average molecular weight is 262 g/mol. The van der Waals surface area contributed by atoms with Gasteiger partial charge in [-0.1, -0.05) is 44.4 Å². The Morgan fingerprint density at radius 3 is 2.79 bits per heavy atom. The molecule has 0 saturated heterocycles. The lowest BCUT2D eigenvalue weighted by atomic mass is 9.68. The average Bonchev–Trinajstić information content (AvgIpc) is 2.36. The molecule has 0 bridgehead atoms. The van der Waals surface area contributed by atoms with E-state index in [0.29, 0.717) is 18.3 Å². The highest BCUT2D eigenvalue weighted by Crippen LogP contribution is 2.40. The van der Waals surface area contributed by atoms with E-state index >= 15 is 0 Å². The zero-order valence-electron chi connectivity index (χ0n) is 12.6. The number of aliphatic hydroxyl groups is 1. The Bertz CT molecular complexity index is 441. The second-order valence-corrected chi connectivity index (χ2v) is 6.25. The van der Waals surface area contributed by atoms with Crippen LogP contribution in [0.4, 0.5) is 0 Å². The van der Waals surface area contributed by atoms with Crippen molar-refractivity contribution in [1.82, 2.24) is 0 Å². The quantitative estimate of drug-likeness (QED) is 0.899. The van der Waals surface area contributed by atoms with Crippen molar-refractivity contribution in [2.75, 3.05) is 7.11 Å².